The second kappa shape index (κ2) is 6.98. The summed E-state index contributed by atoms with van der Waals surface area (Å²) in [5, 5.41) is 9.04. The number of nitrogens with zero attached hydrogens (tertiary/aromatic N) is 1. The van der Waals surface area contributed by atoms with Crippen LogP contribution in [0.3, 0.4) is 0 Å². The molecule has 0 saturated carbocycles. The summed E-state index contributed by atoms with van der Waals surface area (Å²) in [6.45, 7) is 0. The average molecular weight is 407 g/mol. The number of primary amides is 1. The van der Waals surface area contributed by atoms with Crippen molar-refractivity contribution in [3.63, 3.8) is 0 Å². The number of aromatic amines is 1. The predicted octanol–water partition coefficient (Wildman–Crippen LogP) is 4.34. The van der Waals surface area contributed by atoms with E-state index in [0.29, 0.717) is 27.1 Å². The highest BCUT2D eigenvalue weighted by Crippen LogP contribution is 2.36. The van der Waals surface area contributed by atoms with Gasteiger partial charge in [0.25, 0.3) is 0 Å². The van der Waals surface area contributed by atoms with Crippen molar-refractivity contribution in [1.29, 1.82) is 0 Å². The Morgan fingerprint density at radius 3 is 2.63 bits per heavy atom. The molecule has 27 heavy (non-hydrogen) atoms. The summed E-state index contributed by atoms with van der Waals surface area (Å²) >= 11 is 1.30. The Bertz CT molecular complexity index is 1170. The van der Waals surface area contributed by atoms with Gasteiger partial charge in [0.1, 0.15) is 11.3 Å². The van der Waals surface area contributed by atoms with Crippen molar-refractivity contribution >= 4 is 46.2 Å². The highest BCUT2D eigenvalue weighted by Gasteiger charge is 2.20. The minimum absolute atomic E-state index is 0. The molecule has 0 aliphatic carbocycles. The van der Waals surface area contributed by atoms with Gasteiger partial charge in [-0.15, -0.1) is 23.7 Å². The number of fused-ring (bicyclic) bond motifs is 1. The lowest BCUT2D eigenvalue weighted by Gasteiger charge is -2.06. The summed E-state index contributed by atoms with van der Waals surface area (Å²) in [6.07, 6.45) is 0. The molecule has 4 rings (SSSR count). The number of halogens is 3. The Morgan fingerprint density at radius 2 is 1.93 bits per heavy atom. The normalized spacial score (nSPS) is 10.7. The van der Waals surface area contributed by atoms with Crippen LogP contribution in [-0.4, -0.2) is 16.1 Å². The molecule has 138 valence electrons. The molecule has 2 aromatic heterocycles. The lowest BCUT2D eigenvalue weighted by atomic mass is 10.0. The molecule has 0 bridgehead atoms. The predicted molar refractivity (Wildman–Crippen MR) is 105 cm³/mol. The number of nitrogens with two attached hydrogens (primary N) is 2. The SMILES string of the molecule is Cl.NC(=O)c1ccsc1-c1[nH]nc2c(F)c(-c3ccc(N)c(F)c3)ccc12. The second-order valence-electron chi connectivity index (χ2n) is 5.69. The fourth-order valence-electron chi connectivity index (χ4n) is 2.84. The van der Waals surface area contributed by atoms with E-state index in [9.17, 15) is 13.6 Å². The molecule has 9 heteroatoms. The van der Waals surface area contributed by atoms with E-state index < -0.39 is 17.5 Å². The van der Waals surface area contributed by atoms with Crippen LogP contribution in [0.15, 0.2) is 41.8 Å². The van der Waals surface area contributed by atoms with Crippen LogP contribution in [-0.2, 0) is 0 Å². The van der Waals surface area contributed by atoms with Gasteiger partial charge in [0.05, 0.1) is 21.8 Å². The molecule has 0 fully saturated rings. The molecule has 0 spiro atoms. The third-order valence-electron chi connectivity index (χ3n) is 4.13. The maximum atomic E-state index is 15.0. The lowest BCUT2D eigenvalue weighted by molar-refractivity contribution is 0.100. The summed E-state index contributed by atoms with van der Waals surface area (Å²) in [5.74, 6) is -1.78. The van der Waals surface area contributed by atoms with E-state index in [4.69, 9.17) is 11.5 Å². The summed E-state index contributed by atoms with van der Waals surface area (Å²) < 4.78 is 28.7. The number of carbonyl (C=O) groups is 1. The highest BCUT2D eigenvalue weighted by molar-refractivity contribution is 7.14. The van der Waals surface area contributed by atoms with Crippen molar-refractivity contribution < 1.29 is 13.6 Å². The molecular weight excluding hydrogens is 394 g/mol. The molecule has 0 unspecified atom stereocenters. The van der Waals surface area contributed by atoms with Crippen LogP contribution in [0.4, 0.5) is 14.5 Å². The highest BCUT2D eigenvalue weighted by atomic mass is 35.5. The van der Waals surface area contributed by atoms with Gasteiger partial charge in [-0.3, -0.25) is 9.89 Å². The Balaban J connectivity index is 0.00000210. The number of hydrogen-bond donors (Lipinski definition) is 3. The van der Waals surface area contributed by atoms with E-state index in [-0.39, 0.29) is 29.2 Å². The summed E-state index contributed by atoms with van der Waals surface area (Å²) in [7, 11) is 0. The van der Waals surface area contributed by atoms with Gasteiger partial charge in [-0.2, -0.15) is 5.10 Å². The number of thiophene rings is 1. The molecule has 0 aliphatic heterocycles. The topological polar surface area (TPSA) is 97.8 Å². The van der Waals surface area contributed by atoms with E-state index >= 15 is 0 Å². The molecule has 5 N–H and O–H groups in total. The number of nitrogens with one attached hydrogen (secondary N) is 1. The van der Waals surface area contributed by atoms with E-state index in [1.165, 1.54) is 23.5 Å². The molecule has 4 aromatic rings. The first kappa shape index (κ1) is 18.8. The van der Waals surface area contributed by atoms with Gasteiger partial charge < -0.3 is 11.5 Å². The Hall–Kier alpha value is -2.97. The fourth-order valence-corrected chi connectivity index (χ4v) is 3.74. The van der Waals surface area contributed by atoms with Crippen molar-refractivity contribution in [3.8, 4) is 21.7 Å². The van der Waals surface area contributed by atoms with Gasteiger partial charge in [0.15, 0.2) is 5.82 Å². The zero-order valence-electron chi connectivity index (χ0n) is 13.6. The Morgan fingerprint density at radius 1 is 1.15 bits per heavy atom. The first-order valence-electron chi connectivity index (χ1n) is 7.57. The van der Waals surface area contributed by atoms with Crippen LogP contribution in [0, 0.1) is 11.6 Å². The zero-order valence-corrected chi connectivity index (χ0v) is 15.3. The number of hydrogen-bond acceptors (Lipinski definition) is 4. The second-order valence-corrected chi connectivity index (χ2v) is 6.60. The number of nitrogen functional groups attached to an aromatic ring is 1. The van der Waals surface area contributed by atoms with Crippen LogP contribution < -0.4 is 11.5 Å². The van der Waals surface area contributed by atoms with Crippen LogP contribution in [0.1, 0.15) is 10.4 Å². The number of anilines is 1. The van der Waals surface area contributed by atoms with Crippen molar-refractivity contribution in [3.05, 3.63) is 59.0 Å². The average Bonchev–Trinajstić information content (AvgIpc) is 3.24. The van der Waals surface area contributed by atoms with E-state index in [1.54, 1.807) is 29.6 Å². The number of benzene rings is 2. The zero-order chi connectivity index (χ0) is 18.4. The first-order valence-corrected chi connectivity index (χ1v) is 8.45. The first-order chi connectivity index (χ1) is 12.5. The number of amides is 1. The maximum absolute atomic E-state index is 15.0. The van der Waals surface area contributed by atoms with Gasteiger partial charge in [0.2, 0.25) is 5.91 Å². The number of carbonyl (C=O) groups excluding carboxylic acids is 1. The summed E-state index contributed by atoms with van der Waals surface area (Å²) in [6, 6.07) is 8.93. The van der Waals surface area contributed by atoms with Gasteiger partial charge >= 0.3 is 0 Å². The molecule has 0 aliphatic rings. The third-order valence-corrected chi connectivity index (χ3v) is 5.07. The lowest BCUT2D eigenvalue weighted by Crippen LogP contribution is -2.10. The van der Waals surface area contributed by atoms with E-state index in [1.807, 2.05) is 0 Å². The van der Waals surface area contributed by atoms with Gasteiger partial charge in [-0.25, -0.2) is 8.78 Å². The van der Waals surface area contributed by atoms with Gasteiger partial charge in [0, 0.05) is 10.9 Å². The minimum Gasteiger partial charge on any atom is -0.396 e. The monoisotopic (exact) mass is 406 g/mol. The number of H-pyrrole nitrogens is 1. The van der Waals surface area contributed by atoms with Crippen molar-refractivity contribution in [1.82, 2.24) is 10.2 Å². The largest absolute Gasteiger partial charge is 0.396 e. The van der Waals surface area contributed by atoms with Crippen LogP contribution in [0.5, 0.6) is 0 Å². The maximum Gasteiger partial charge on any atom is 0.250 e. The molecule has 0 atom stereocenters. The van der Waals surface area contributed by atoms with Crippen LogP contribution in [0.25, 0.3) is 32.6 Å². The quantitative estimate of drug-likeness (QED) is 0.441. The smallest absolute Gasteiger partial charge is 0.250 e. The summed E-state index contributed by atoms with van der Waals surface area (Å²) in [5.41, 5.74) is 12.3. The molecule has 1 amide bonds. The van der Waals surface area contributed by atoms with Crippen molar-refractivity contribution in [2.24, 2.45) is 5.73 Å². The molecule has 2 heterocycles. The van der Waals surface area contributed by atoms with Crippen molar-refractivity contribution in [2.75, 3.05) is 5.73 Å². The standard InChI is InChI=1S/C18H12F2N4OS.ClH/c19-12-7-8(1-4-13(12)21)9-2-3-10-15(14(9)20)23-24-16(10)17-11(18(22)25)5-6-26-17;/h1-7H,21H2,(H2,22,25)(H,23,24);1H. The molecule has 0 saturated heterocycles. The molecule has 0 radical (unpaired) electrons. The number of rotatable bonds is 3. The van der Waals surface area contributed by atoms with Crippen LogP contribution in [0.2, 0.25) is 0 Å². The van der Waals surface area contributed by atoms with Crippen molar-refractivity contribution in [2.45, 2.75) is 0 Å². The Kier molecular flexibility index (Phi) is 4.86. The summed E-state index contributed by atoms with van der Waals surface area (Å²) in [4.78, 5) is 12.1. The van der Waals surface area contributed by atoms with Gasteiger partial charge in [-0.05, 0) is 35.2 Å². The Labute approximate surface area is 162 Å². The molecular formula is C18H13ClF2N4OS. The van der Waals surface area contributed by atoms with E-state index in [0.717, 1.165) is 0 Å². The third kappa shape index (κ3) is 3.02. The minimum atomic E-state index is -0.616. The van der Waals surface area contributed by atoms with E-state index in [2.05, 4.69) is 10.2 Å². The van der Waals surface area contributed by atoms with Crippen LogP contribution >= 0.6 is 23.7 Å². The number of aromatic nitrogens is 2. The molecule has 5 nitrogen and oxygen atoms in total. The fraction of sp³-hybridized carbons (Fsp3) is 0. The van der Waals surface area contributed by atoms with Gasteiger partial charge in [-0.1, -0.05) is 12.1 Å². The molecule has 2 aromatic carbocycles.